The van der Waals surface area contributed by atoms with E-state index in [1.54, 1.807) is 0 Å². The van der Waals surface area contributed by atoms with Gasteiger partial charge in [0.15, 0.2) is 5.96 Å². The molecule has 4 nitrogen and oxygen atoms in total. The van der Waals surface area contributed by atoms with Crippen molar-refractivity contribution in [3.05, 3.63) is 24.3 Å². The molecule has 1 saturated carbocycles. The van der Waals surface area contributed by atoms with E-state index in [2.05, 4.69) is 10.3 Å². The monoisotopic (exact) mass is 403 g/mol. The van der Waals surface area contributed by atoms with E-state index in [1.165, 1.54) is 19.3 Å². The van der Waals surface area contributed by atoms with E-state index in [9.17, 15) is 0 Å². The molecule has 0 amide bonds. The molecule has 21 heavy (non-hydrogen) atoms. The molecule has 0 radical (unpaired) electrons. The molecule has 0 atom stereocenters. The number of hydrogen-bond acceptors (Lipinski definition) is 2. The maximum absolute atomic E-state index is 5.86. The zero-order valence-corrected chi connectivity index (χ0v) is 15.2. The van der Waals surface area contributed by atoms with E-state index < -0.39 is 0 Å². The number of nitrogens with zero attached hydrogens (tertiary/aromatic N) is 1. The summed E-state index contributed by atoms with van der Waals surface area (Å²) in [5.74, 6) is 2.32. The SMILES string of the molecule is CC(C)Oc1ccc(NC(N)=NCCCC2CC2)cc1.I. The molecule has 1 aromatic rings. The largest absolute Gasteiger partial charge is 0.491 e. The summed E-state index contributed by atoms with van der Waals surface area (Å²) in [5, 5.41) is 3.10. The molecule has 0 spiro atoms. The van der Waals surface area contributed by atoms with Crippen LogP contribution in [0.1, 0.15) is 39.5 Å². The van der Waals surface area contributed by atoms with E-state index in [0.29, 0.717) is 5.96 Å². The maximum atomic E-state index is 5.86. The highest BCUT2D eigenvalue weighted by atomic mass is 127. The predicted octanol–water partition coefficient (Wildman–Crippen LogP) is 4.01. The van der Waals surface area contributed by atoms with Crippen molar-refractivity contribution in [1.29, 1.82) is 0 Å². The highest BCUT2D eigenvalue weighted by molar-refractivity contribution is 14.0. The lowest BCUT2D eigenvalue weighted by atomic mass is 10.2. The fraction of sp³-hybridized carbons (Fsp3) is 0.562. The highest BCUT2D eigenvalue weighted by Crippen LogP contribution is 2.33. The van der Waals surface area contributed by atoms with Crippen LogP contribution in [0.2, 0.25) is 0 Å². The Bertz CT molecular complexity index is 441. The van der Waals surface area contributed by atoms with Crippen LogP contribution < -0.4 is 15.8 Å². The lowest BCUT2D eigenvalue weighted by Gasteiger charge is -2.10. The molecule has 1 aliphatic carbocycles. The van der Waals surface area contributed by atoms with Crippen molar-refractivity contribution >= 4 is 35.6 Å². The van der Waals surface area contributed by atoms with Crippen molar-refractivity contribution in [1.82, 2.24) is 0 Å². The Morgan fingerprint density at radius 3 is 2.57 bits per heavy atom. The molecule has 0 aliphatic heterocycles. The fourth-order valence-electron chi connectivity index (χ4n) is 2.06. The molecule has 0 aromatic heterocycles. The summed E-state index contributed by atoms with van der Waals surface area (Å²) in [5.41, 5.74) is 6.80. The molecule has 3 N–H and O–H groups in total. The Morgan fingerprint density at radius 1 is 1.33 bits per heavy atom. The summed E-state index contributed by atoms with van der Waals surface area (Å²) in [6.07, 6.45) is 5.42. The summed E-state index contributed by atoms with van der Waals surface area (Å²) in [4.78, 5) is 4.34. The van der Waals surface area contributed by atoms with E-state index in [1.807, 2.05) is 38.1 Å². The zero-order chi connectivity index (χ0) is 14.4. The van der Waals surface area contributed by atoms with Crippen LogP contribution in [0.5, 0.6) is 5.75 Å². The van der Waals surface area contributed by atoms with Crippen LogP contribution in [-0.4, -0.2) is 18.6 Å². The minimum atomic E-state index is 0. The van der Waals surface area contributed by atoms with Gasteiger partial charge in [0, 0.05) is 12.2 Å². The summed E-state index contributed by atoms with van der Waals surface area (Å²) in [6, 6.07) is 7.76. The second-order valence-corrected chi connectivity index (χ2v) is 5.67. The summed E-state index contributed by atoms with van der Waals surface area (Å²) in [6.45, 7) is 4.83. The number of ether oxygens (including phenoxy) is 1. The molecular weight excluding hydrogens is 377 g/mol. The molecule has 0 heterocycles. The van der Waals surface area contributed by atoms with Gasteiger partial charge in [-0.05, 0) is 56.9 Å². The van der Waals surface area contributed by atoms with Crippen LogP contribution in [-0.2, 0) is 0 Å². The number of benzene rings is 1. The van der Waals surface area contributed by atoms with E-state index in [0.717, 1.165) is 30.3 Å². The molecular formula is C16H26IN3O. The second-order valence-electron chi connectivity index (χ2n) is 5.67. The molecule has 1 aliphatic rings. The number of halogens is 1. The van der Waals surface area contributed by atoms with Gasteiger partial charge in [-0.25, -0.2) is 0 Å². The Morgan fingerprint density at radius 2 is 2.00 bits per heavy atom. The normalized spacial score (nSPS) is 14.7. The van der Waals surface area contributed by atoms with E-state index >= 15 is 0 Å². The summed E-state index contributed by atoms with van der Waals surface area (Å²) < 4.78 is 5.59. The van der Waals surface area contributed by atoms with Gasteiger partial charge in [0.25, 0.3) is 0 Å². The molecule has 5 heteroatoms. The molecule has 1 aromatic carbocycles. The van der Waals surface area contributed by atoms with Crippen molar-refractivity contribution in [2.24, 2.45) is 16.6 Å². The molecule has 0 unspecified atom stereocenters. The summed E-state index contributed by atoms with van der Waals surface area (Å²) in [7, 11) is 0. The second kappa shape index (κ2) is 9.12. The smallest absolute Gasteiger partial charge is 0.193 e. The lowest BCUT2D eigenvalue weighted by Crippen LogP contribution is -2.22. The molecule has 2 rings (SSSR count). The van der Waals surface area contributed by atoms with Crippen LogP contribution in [0.15, 0.2) is 29.3 Å². The van der Waals surface area contributed by atoms with Gasteiger partial charge in [-0.2, -0.15) is 0 Å². The Hall–Kier alpha value is -0.980. The van der Waals surface area contributed by atoms with Crippen LogP contribution >= 0.6 is 24.0 Å². The van der Waals surface area contributed by atoms with Crippen molar-refractivity contribution in [3.8, 4) is 5.75 Å². The Balaban J connectivity index is 0.00000220. The maximum Gasteiger partial charge on any atom is 0.193 e. The third kappa shape index (κ3) is 7.55. The standard InChI is InChI=1S/C16H25N3O.HI/c1-12(2)20-15-9-7-14(8-10-15)19-16(17)18-11-3-4-13-5-6-13;/h7-10,12-13H,3-6,11H2,1-2H3,(H3,17,18,19);1H. The molecule has 1 fully saturated rings. The van der Waals surface area contributed by atoms with E-state index in [-0.39, 0.29) is 30.1 Å². The average molecular weight is 403 g/mol. The van der Waals surface area contributed by atoms with Crippen molar-refractivity contribution < 1.29 is 4.74 Å². The minimum absolute atomic E-state index is 0. The van der Waals surface area contributed by atoms with Gasteiger partial charge in [-0.3, -0.25) is 4.99 Å². The predicted molar refractivity (Wildman–Crippen MR) is 99.7 cm³/mol. The van der Waals surface area contributed by atoms with Crippen LogP contribution in [0.3, 0.4) is 0 Å². The van der Waals surface area contributed by atoms with Gasteiger partial charge in [-0.15, -0.1) is 24.0 Å². The first kappa shape index (κ1) is 18.1. The van der Waals surface area contributed by atoms with Crippen LogP contribution in [0.4, 0.5) is 5.69 Å². The number of hydrogen-bond donors (Lipinski definition) is 2. The first-order valence-corrected chi connectivity index (χ1v) is 7.47. The van der Waals surface area contributed by atoms with Gasteiger partial charge in [-0.1, -0.05) is 12.8 Å². The number of anilines is 1. The first-order chi connectivity index (χ1) is 9.63. The quantitative estimate of drug-likeness (QED) is 0.313. The zero-order valence-electron chi connectivity index (χ0n) is 12.8. The molecule has 118 valence electrons. The highest BCUT2D eigenvalue weighted by Gasteiger charge is 2.19. The Kier molecular flexibility index (Phi) is 7.85. The third-order valence-electron chi connectivity index (χ3n) is 3.25. The van der Waals surface area contributed by atoms with Gasteiger partial charge >= 0.3 is 0 Å². The summed E-state index contributed by atoms with van der Waals surface area (Å²) >= 11 is 0. The minimum Gasteiger partial charge on any atom is -0.491 e. The van der Waals surface area contributed by atoms with Gasteiger partial charge in [0.05, 0.1) is 6.10 Å². The lowest BCUT2D eigenvalue weighted by molar-refractivity contribution is 0.242. The average Bonchev–Trinajstić information content (AvgIpc) is 3.21. The van der Waals surface area contributed by atoms with Crippen molar-refractivity contribution in [2.75, 3.05) is 11.9 Å². The topological polar surface area (TPSA) is 59.6 Å². The number of rotatable bonds is 7. The van der Waals surface area contributed by atoms with Crippen molar-refractivity contribution in [3.63, 3.8) is 0 Å². The van der Waals surface area contributed by atoms with Gasteiger partial charge in [0.1, 0.15) is 5.75 Å². The van der Waals surface area contributed by atoms with Crippen LogP contribution in [0, 0.1) is 5.92 Å². The fourth-order valence-corrected chi connectivity index (χ4v) is 2.06. The first-order valence-electron chi connectivity index (χ1n) is 7.47. The molecule has 0 saturated heterocycles. The van der Waals surface area contributed by atoms with E-state index in [4.69, 9.17) is 10.5 Å². The Labute approximate surface area is 144 Å². The number of guanidine groups is 1. The van der Waals surface area contributed by atoms with Gasteiger partial charge < -0.3 is 15.8 Å². The molecule has 0 bridgehead atoms. The number of aliphatic imine (C=N–C) groups is 1. The van der Waals surface area contributed by atoms with Crippen molar-refractivity contribution in [2.45, 2.75) is 45.6 Å². The number of nitrogens with one attached hydrogen (secondary N) is 1. The van der Waals surface area contributed by atoms with Crippen LogP contribution in [0.25, 0.3) is 0 Å². The third-order valence-corrected chi connectivity index (χ3v) is 3.25. The van der Waals surface area contributed by atoms with Gasteiger partial charge in [0.2, 0.25) is 0 Å². The number of nitrogens with two attached hydrogens (primary N) is 1.